The number of piperidine rings is 1. The Bertz CT molecular complexity index is 1160. The van der Waals surface area contributed by atoms with Gasteiger partial charge >= 0.3 is 6.18 Å². The lowest BCUT2D eigenvalue weighted by Crippen LogP contribution is -2.45. The summed E-state index contributed by atoms with van der Waals surface area (Å²) in [6, 6.07) is 12.2. The minimum atomic E-state index is -4.63. The first-order chi connectivity index (χ1) is 16.2. The number of amides is 1. The number of likely N-dealkylation sites (tertiary alicyclic amines) is 1. The first-order valence-electron chi connectivity index (χ1n) is 10.8. The van der Waals surface area contributed by atoms with E-state index < -0.39 is 30.0 Å². The van der Waals surface area contributed by atoms with E-state index in [4.69, 9.17) is 5.26 Å². The van der Waals surface area contributed by atoms with Crippen molar-refractivity contribution in [2.24, 2.45) is 10.5 Å². The second-order valence-corrected chi connectivity index (χ2v) is 8.53. The number of nitriles is 2. The van der Waals surface area contributed by atoms with Crippen molar-refractivity contribution in [3.05, 3.63) is 65.5 Å². The Balaban J connectivity index is 1.48. The van der Waals surface area contributed by atoms with E-state index in [9.17, 15) is 23.2 Å². The fraction of sp³-hybridized carbons (Fsp3) is 0.375. The first-order valence-corrected chi connectivity index (χ1v) is 10.8. The molecule has 4 rings (SSSR count). The molecule has 0 aliphatic carbocycles. The number of amidine groups is 1. The third-order valence-electron chi connectivity index (χ3n) is 6.36. The molecule has 0 N–H and O–H groups in total. The van der Waals surface area contributed by atoms with Crippen LogP contribution in [0.4, 0.5) is 13.2 Å². The van der Waals surface area contributed by atoms with Crippen LogP contribution in [0.5, 0.6) is 0 Å². The number of carbonyl (C=O) groups excluding carboxylic acids is 1. The Labute approximate surface area is 194 Å². The van der Waals surface area contributed by atoms with Crippen LogP contribution in [0.2, 0.25) is 0 Å². The van der Waals surface area contributed by atoms with Crippen LogP contribution in [0.15, 0.2) is 53.9 Å². The smallest absolute Gasteiger partial charge is 0.358 e. The molecule has 174 valence electrons. The fourth-order valence-electron chi connectivity index (χ4n) is 4.36. The van der Waals surface area contributed by atoms with E-state index in [1.54, 1.807) is 17.0 Å². The number of rotatable bonds is 3. The average molecular weight is 466 g/mol. The third-order valence-corrected chi connectivity index (χ3v) is 6.36. The number of carbonyl (C=O) groups is 1. The Hall–Kier alpha value is -3.92. The second kappa shape index (κ2) is 9.14. The van der Waals surface area contributed by atoms with Crippen LogP contribution in [-0.2, 0) is 6.42 Å². The quantitative estimate of drug-likeness (QED) is 0.684. The molecule has 1 aromatic carbocycles. The van der Waals surface area contributed by atoms with E-state index in [0.717, 1.165) is 5.56 Å². The lowest BCUT2D eigenvalue weighted by Gasteiger charge is -2.38. The third kappa shape index (κ3) is 4.72. The first kappa shape index (κ1) is 23.2. The summed E-state index contributed by atoms with van der Waals surface area (Å²) in [6.07, 6.45) is -0.958. The van der Waals surface area contributed by atoms with Crippen LogP contribution in [0.25, 0.3) is 0 Å². The van der Waals surface area contributed by atoms with Crippen LogP contribution < -0.4 is 0 Å². The molecule has 1 aromatic heterocycles. The molecule has 2 aromatic rings. The van der Waals surface area contributed by atoms with Crippen LogP contribution >= 0.6 is 0 Å². The maximum atomic E-state index is 13.7. The molecule has 1 amide bonds. The predicted octanol–water partition coefficient (Wildman–Crippen LogP) is 3.89. The summed E-state index contributed by atoms with van der Waals surface area (Å²) < 4.78 is 41.2. The van der Waals surface area contributed by atoms with Crippen LogP contribution in [-0.4, -0.2) is 51.9 Å². The van der Waals surface area contributed by atoms with Crippen LogP contribution in [0, 0.1) is 28.1 Å². The molecule has 1 atom stereocenters. The monoisotopic (exact) mass is 466 g/mol. The van der Waals surface area contributed by atoms with Gasteiger partial charge in [-0.15, -0.1) is 0 Å². The van der Waals surface area contributed by atoms with Crippen LogP contribution in [0.3, 0.4) is 0 Å². The van der Waals surface area contributed by atoms with Crippen LogP contribution in [0.1, 0.15) is 40.7 Å². The number of hydrogen-bond acceptors (Lipinski definition) is 6. The van der Waals surface area contributed by atoms with Crippen molar-refractivity contribution in [3.63, 3.8) is 0 Å². The van der Waals surface area contributed by atoms with Gasteiger partial charge in [-0.1, -0.05) is 12.1 Å². The molecule has 3 heterocycles. The van der Waals surface area contributed by atoms with Gasteiger partial charge in [0.15, 0.2) is 6.04 Å². The fourth-order valence-corrected chi connectivity index (χ4v) is 4.36. The van der Waals surface area contributed by atoms with Gasteiger partial charge in [-0.25, -0.2) is 5.01 Å². The van der Waals surface area contributed by atoms with E-state index in [1.165, 1.54) is 24.5 Å². The maximum Gasteiger partial charge on any atom is 0.411 e. The van der Waals surface area contributed by atoms with Gasteiger partial charge in [0.05, 0.1) is 23.1 Å². The number of benzene rings is 1. The summed E-state index contributed by atoms with van der Waals surface area (Å²) >= 11 is 0. The Morgan fingerprint density at radius 2 is 1.74 bits per heavy atom. The lowest BCUT2D eigenvalue weighted by molar-refractivity contribution is -0.171. The summed E-state index contributed by atoms with van der Waals surface area (Å²) in [7, 11) is 0. The molecule has 1 fully saturated rings. The van der Waals surface area contributed by atoms with Gasteiger partial charge in [0.1, 0.15) is 5.84 Å². The number of aromatic nitrogens is 1. The molecule has 10 heteroatoms. The summed E-state index contributed by atoms with van der Waals surface area (Å²) in [5, 5.41) is 23.4. The van der Waals surface area contributed by atoms with Gasteiger partial charge < -0.3 is 4.90 Å². The molecule has 2 aliphatic heterocycles. The van der Waals surface area contributed by atoms with Crippen molar-refractivity contribution >= 4 is 11.7 Å². The zero-order valence-corrected chi connectivity index (χ0v) is 18.2. The zero-order chi connectivity index (χ0) is 24.3. The number of alkyl halides is 3. The van der Waals surface area contributed by atoms with Gasteiger partial charge in [0, 0.05) is 37.5 Å². The van der Waals surface area contributed by atoms with Crippen molar-refractivity contribution in [1.29, 1.82) is 10.5 Å². The normalized spacial score (nSPS) is 19.8. The minimum absolute atomic E-state index is 0.0822. The van der Waals surface area contributed by atoms with Crippen molar-refractivity contribution in [1.82, 2.24) is 14.9 Å². The van der Waals surface area contributed by atoms with Crippen molar-refractivity contribution in [2.75, 3.05) is 13.1 Å². The molecule has 0 spiro atoms. The molecule has 1 saturated heterocycles. The molecule has 0 radical (unpaired) electrons. The van der Waals surface area contributed by atoms with Gasteiger partial charge in [-0.2, -0.15) is 28.8 Å². The SMILES string of the molecule is N#Cc1ccc(CC2(C#N)CCN(C3=NN(C(=O)c4ccncc4)C(C(F)(F)F)C3)CC2)cc1. The molecule has 0 bridgehead atoms. The maximum absolute atomic E-state index is 13.7. The van der Waals surface area contributed by atoms with Crippen molar-refractivity contribution in [3.8, 4) is 12.1 Å². The van der Waals surface area contributed by atoms with Crippen molar-refractivity contribution in [2.45, 2.75) is 37.9 Å². The van der Waals surface area contributed by atoms with Gasteiger partial charge in [0.25, 0.3) is 5.91 Å². The van der Waals surface area contributed by atoms with Gasteiger partial charge in [-0.05, 0) is 49.1 Å². The summed E-state index contributed by atoms with van der Waals surface area (Å²) in [4.78, 5) is 18.3. The Morgan fingerprint density at radius 3 is 2.29 bits per heavy atom. The van der Waals surface area contributed by atoms with Gasteiger partial charge in [-0.3, -0.25) is 9.78 Å². The van der Waals surface area contributed by atoms with E-state index in [2.05, 4.69) is 22.2 Å². The molecular weight excluding hydrogens is 445 g/mol. The number of hydrazone groups is 1. The highest BCUT2D eigenvalue weighted by atomic mass is 19.4. The number of halogens is 3. The van der Waals surface area contributed by atoms with Crippen molar-refractivity contribution < 1.29 is 18.0 Å². The average Bonchev–Trinajstić information content (AvgIpc) is 3.31. The van der Waals surface area contributed by atoms with E-state index in [-0.39, 0.29) is 11.4 Å². The molecule has 1 unspecified atom stereocenters. The molecule has 34 heavy (non-hydrogen) atoms. The zero-order valence-electron chi connectivity index (χ0n) is 18.2. The highest BCUT2D eigenvalue weighted by Gasteiger charge is 2.51. The largest absolute Gasteiger partial charge is 0.411 e. The topological polar surface area (TPSA) is 96.4 Å². The Kier molecular flexibility index (Phi) is 6.25. The summed E-state index contributed by atoms with van der Waals surface area (Å²) in [6.45, 7) is 0.731. The molecule has 0 saturated carbocycles. The predicted molar refractivity (Wildman–Crippen MR) is 116 cm³/mol. The molecular formula is C24H21F3N6O. The highest BCUT2D eigenvalue weighted by Crippen LogP contribution is 2.38. The van der Waals surface area contributed by atoms with Gasteiger partial charge in [0.2, 0.25) is 0 Å². The lowest BCUT2D eigenvalue weighted by atomic mass is 9.75. The minimum Gasteiger partial charge on any atom is -0.358 e. The van der Waals surface area contributed by atoms with E-state index in [0.29, 0.717) is 42.9 Å². The van der Waals surface area contributed by atoms with E-state index >= 15 is 0 Å². The number of hydrogen-bond donors (Lipinski definition) is 0. The standard InChI is InChI=1S/C24H21F3N6O/c25-24(26,27)20-13-21(31-33(20)22(34)19-5-9-30-10-6-19)32-11-7-23(16-29,8-12-32)14-17-1-3-18(15-28)4-2-17/h1-6,9-10,20H,7-8,11-14H2. The van der Waals surface area contributed by atoms with E-state index in [1.807, 2.05) is 12.1 Å². The molecule has 7 nitrogen and oxygen atoms in total. The number of nitrogens with zero attached hydrogens (tertiary/aromatic N) is 6. The number of pyridine rings is 1. The summed E-state index contributed by atoms with van der Waals surface area (Å²) in [5.41, 5.74) is 0.894. The highest BCUT2D eigenvalue weighted by molar-refractivity contribution is 5.97. The Morgan fingerprint density at radius 1 is 1.09 bits per heavy atom. The second-order valence-electron chi connectivity index (χ2n) is 8.53. The molecule has 2 aliphatic rings. The summed E-state index contributed by atoms with van der Waals surface area (Å²) in [5.74, 6) is -0.626.